The number of anilines is 3. The van der Waals surface area contributed by atoms with E-state index in [0.717, 1.165) is 22.7 Å². The van der Waals surface area contributed by atoms with Crippen molar-refractivity contribution in [3.8, 4) is 39.1 Å². The third kappa shape index (κ3) is 6.09. The molecule has 2 aromatic heterocycles. The standard InChI is InChI=1S/C58H38N2S/c1-4-15-39(16-5-1)44-34-45(40-17-6-2-7-18-40)37-49(36-44)59(48-31-32-57-53(38-48)51-21-11-13-26-56(51)61-57)47-30-29-41-33-43(28-27-42(41)35-47)50-23-14-25-55-58(50)52-22-10-12-24-54(52)60(55)46-19-8-3-9-20-46/h1-38H. The summed E-state index contributed by atoms with van der Waals surface area (Å²) in [7, 11) is 0. The van der Waals surface area contributed by atoms with Crippen molar-refractivity contribution in [1.82, 2.24) is 4.57 Å². The number of thiophene rings is 1. The number of nitrogens with zero attached hydrogens (tertiary/aromatic N) is 2. The second kappa shape index (κ2) is 14.5. The smallest absolute Gasteiger partial charge is 0.0547 e. The fourth-order valence-corrected chi connectivity index (χ4v) is 10.4. The lowest BCUT2D eigenvalue weighted by Gasteiger charge is -2.27. The van der Waals surface area contributed by atoms with Gasteiger partial charge in [0.25, 0.3) is 0 Å². The van der Waals surface area contributed by atoms with E-state index in [1.807, 2.05) is 11.3 Å². The van der Waals surface area contributed by atoms with Gasteiger partial charge in [-0.15, -0.1) is 11.3 Å². The molecule has 12 aromatic rings. The van der Waals surface area contributed by atoms with Crippen LogP contribution in [-0.2, 0) is 0 Å². The fourth-order valence-electron chi connectivity index (χ4n) is 9.29. The van der Waals surface area contributed by atoms with Crippen molar-refractivity contribution in [3.63, 3.8) is 0 Å². The maximum atomic E-state index is 2.44. The van der Waals surface area contributed by atoms with Crippen molar-refractivity contribution in [2.45, 2.75) is 0 Å². The van der Waals surface area contributed by atoms with Crippen LogP contribution in [0.3, 0.4) is 0 Å². The van der Waals surface area contributed by atoms with Crippen LogP contribution >= 0.6 is 11.3 Å². The third-order valence-corrected chi connectivity index (χ3v) is 13.3. The fraction of sp³-hybridized carbons (Fsp3) is 0. The van der Waals surface area contributed by atoms with E-state index < -0.39 is 0 Å². The second-order valence-corrected chi connectivity index (χ2v) is 16.8. The van der Waals surface area contributed by atoms with Gasteiger partial charge in [0.2, 0.25) is 0 Å². The number of rotatable bonds is 7. The summed E-state index contributed by atoms with van der Waals surface area (Å²) in [5, 5.41) is 7.49. The van der Waals surface area contributed by atoms with Crippen molar-refractivity contribution in [1.29, 1.82) is 0 Å². The number of hydrogen-bond acceptors (Lipinski definition) is 2. The minimum Gasteiger partial charge on any atom is -0.310 e. The lowest BCUT2D eigenvalue weighted by atomic mass is 9.96. The molecule has 2 heterocycles. The summed E-state index contributed by atoms with van der Waals surface area (Å²) in [6.45, 7) is 0. The van der Waals surface area contributed by atoms with Gasteiger partial charge in [-0.2, -0.15) is 0 Å². The Morgan fingerprint density at radius 1 is 0.328 bits per heavy atom. The Labute approximate surface area is 358 Å². The summed E-state index contributed by atoms with van der Waals surface area (Å²) < 4.78 is 4.99. The quantitative estimate of drug-likeness (QED) is 0.156. The summed E-state index contributed by atoms with van der Waals surface area (Å²) in [6.07, 6.45) is 0. The van der Waals surface area contributed by atoms with E-state index in [1.165, 1.54) is 86.1 Å². The molecule has 0 N–H and O–H groups in total. The van der Waals surface area contributed by atoms with Gasteiger partial charge in [-0.1, -0.05) is 146 Å². The molecule has 2 nitrogen and oxygen atoms in total. The molecule has 0 fully saturated rings. The van der Waals surface area contributed by atoms with Crippen LogP contribution in [0.4, 0.5) is 17.1 Å². The van der Waals surface area contributed by atoms with Gasteiger partial charge >= 0.3 is 0 Å². The van der Waals surface area contributed by atoms with Crippen LogP contribution in [0.5, 0.6) is 0 Å². The van der Waals surface area contributed by atoms with E-state index in [9.17, 15) is 0 Å². The van der Waals surface area contributed by atoms with Gasteiger partial charge in [0.15, 0.2) is 0 Å². The highest BCUT2D eigenvalue weighted by molar-refractivity contribution is 7.25. The molecule has 0 unspecified atom stereocenters. The van der Waals surface area contributed by atoms with Crippen LogP contribution in [0.1, 0.15) is 0 Å². The van der Waals surface area contributed by atoms with Crippen molar-refractivity contribution >= 4 is 81.1 Å². The Hall–Kier alpha value is -7.72. The molecule has 0 aliphatic rings. The van der Waals surface area contributed by atoms with Crippen molar-refractivity contribution in [3.05, 3.63) is 231 Å². The lowest BCUT2D eigenvalue weighted by Crippen LogP contribution is -2.10. The van der Waals surface area contributed by atoms with E-state index >= 15 is 0 Å². The highest BCUT2D eigenvalue weighted by Crippen LogP contribution is 2.45. The zero-order valence-corrected chi connectivity index (χ0v) is 34.1. The number of hydrogen-bond donors (Lipinski definition) is 0. The van der Waals surface area contributed by atoms with Gasteiger partial charge in [-0.25, -0.2) is 0 Å². The first-order chi connectivity index (χ1) is 30.2. The highest BCUT2D eigenvalue weighted by Gasteiger charge is 2.20. The van der Waals surface area contributed by atoms with Crippen molar-refractivity contribution in [2.24, 2.45) is 0 Å². The average Bonchev–Trinajstić information content (AvgIpc) is 3.88. The van der Waals surface area contributed by atoms with Crippen LogP contribution in [0.15, 0.2) is 231 Å². The maximum Gasteiger partial charge on any atom is 0.0547 e. The first-order valence-electron chi connectivity index (χ1n) is 20.8. The molecule has 0 aliphatic carbocycles. The summed E-state index contributed by atoms with van der Waals surface area (Å²) in [6, 6.07) is 84.3. The van der Waals surface area contributed by atoms with Gasteiger partial charge in [0.05, 0.1) is 11.0 Å². The molecule has 0 atom stereocenters. The molecule has 286 valence electrons. The second-order valence-electron chi connectivity index (χ2n) is 15.7. The zero-order valence-electron chi connectivity index (χ0n) is 33.2. The number of aromatic nitrogens is 1. The normalized spacial score (nSPS) is 11.6. The highest BCUT2D eigenvalue weighted by atomic mass is 32.1. The van der Waals surface area contributed by atoms with Gasteiger partial charge in [0, 0.05) is 53.7 Å². The molecule has 0 bridgehead atoms. The molecule has 0 amide bonds. The van der Waals surface area contributed by atoms with E-state index in [0.29, 0.717) is 0 Å². The number of fused-ring (bicyclic) bond motifs is 7. The summed E-state index contributed by atoms with van der Waals surface area (Å²) >= 11 is 1.86. The molecule has 0 spiro atoms. The Morgan fingerprint density at radius 2 is 0.918 bits per heavy atom. The third-order valence-electron chi connectivity index (χ3n) is 12.1. The molecule has 0 radical (unpaired) electrons. The maximum absolute atomic E-state index is 2.44. The molecule has 10 aromatic carbocycles. The predicted molar refractivity (Wildman–Crippen MR) is 262 cm³/mol. The SMILES string of the molecule is c1ccc(-c2cc(-c3ccccc3)cc(N(c3ccc4cc(-c5cccc6c5c5ccccc5n6-c5ccccc5)ccc4c3)c3ccc4sc5ccccc5c4c3)c2)cc1. The predicted octanol–water partition coefficient (Wildman–Crippen LogP) is 16.8. The van der Waals surface area contributed by atoms with Crippen molar-refractivity contribution < 1.29 is 0 Å². The summed E-state index contributed by atoms with van der Waals surface area (Å²) in [5.74, 6) is 0. The molecule has 0 saturated carbocycles. The Morgan fingerprint density at radius 3 is 1.69 bits per heavy atom. The first kappa shape index (κ1) is 35.2. The van der Waals surface area contributed by atoms with E-state index in [-0.39, 0.29) is 0 Å². The van der Waals surface area contributed by atoms with Gasteiger partial charge in [-0.05, 0) is 129 Å². The van der Waals surface area contributed by atoms with E-state index in [4.69, 9.17) is 0 Å². The molecule has 0 aliphatic heterocycles. The molecule has 61 heavy (non-hydrogen) atoms. The van der Waals surface area contributed by atoms with Gasteiger partial charge < -0.3 is 9.47 Å². The topological polar surface area (TPSA) is 8.17 Å². The number of para-hydroxylation sites is 2. The Balaban J connectivity index is 1.04. The molecule has 12 rings (SSSR count). The van der Waals surface area contributed by atoms with E-state index in [1.54, 1.807) is 0 Å². The zero-order chi connectivity index (χ0) is 40.3. The number of benzene rings is 10. The average molecular weight is 795 g/mol. The van der Waals surface area contributed by atoms with Gasteiger partial charge in [0.1, 0.15) is 0 Å². The molecule has 3 heteroatoms. The molecule has 0 saturated heterocycles. The Kier molecular flexibility index (Phi) is 8.39. The van der Waals surface area contributed by atoms with Crippen molar-refractivity contribution in [2.75, 3.05) is 4.90 Å². The minimum atomic E-state index is 1.11. The first-order valence-corrected chi connectivity index (χ1v) is 21.6. The van der Waals surface area contributed by atoms with Crippen LogP contribution in [-0.4, -0.2) is 4.57 Å². The van der Waals surface area contributed by atoms with E-state index in [2.05, 4.69) is 240 Å². The summed E-state index contributed by atoms with van der Waals surface area (Å²) in [5.41, 5.74) is 14.1. The van der Waals surface area contributed by atoms with Crippen LogP contribution in [0, 0.1) is 0 Å². The lowest BCUT2D eigenvalue weighted by molar-refractivity contribution is 1.18. The van der Waals surface area contributed by atoms with Crippen LogP contribution in [0.25, 0.3) is 91.8 Å². The summed E-state index contributed by atoms with van der Waals surface area (Å²) in [4.78, 5) is 2.44. The van der Waals surface area contributed by atoms with Gasteiger partial charge in [-0.3, -0.25) is 0 Å². The monoisotopic (exact) mass is 794 g/mol. The largest absolute Gasteiger partial charge is 0.310 e. The van der Waals surface area contributed by atoms with Crippen LogP contribution < -0.4 is 4.90 Å². The Bertz CT molecular complexity index is 3530. The molecular formula is C58H38N2S. The minimum absolute atomic E-state index is 1.11. The molecular weight excluding hydrogens is 757 g/mol. The van der Waals surface area contributed by atoms with Crippen LogP contribution in [0.2, 0.25) is 0 Å².